The number of rotatable bonds is 2. The highest BCUT2D eigenvalue weighted by Gasteiger charge is 2.22. The fourth-order valence-corrected chi connectivity index (χ4v) is 2.67. The summed E-state index contributed by atoms with van der Waals surface area (Å²) < 4.78 is 6.64. The van der Waals surface area contributed by atoms with E-state index >= 15 is 0 Å². The van der Waals surface area contributed by atoms with Crippen LogP contribution in [-0.4, -0.2) is 30.7 Å². The fourth-order valence-electron chi connectivity index (χ4n) is 2.67. The first-order valence-corrected chi connectivity index (χ1v) is 6.68. The molecule has 2 aromatic rings. The summed E-state index contributed by atoms with van der Waals surface area (Å²) in [7, 11) is 2.00. The van der Waals surface area contributed by atoms with Gasteiger partial charge in [-0.1, -0.05) is 12.1 Å². The molecular formula is C15H16N2O3. The maximum Gasteiger partial charge on any atom is 0.343 e. The molecule has 5 nitrogen and oxygen atoms in total. The number of likely N-dealkylation sites (N-methyl/N-ethyl adjacent to an activating group) is 1. The SMILES string of the molecule is CCOC(=O)c1cc2cccc3c2n(c1=O)CCN3C. The monoisotopic (exact) mass is 272 g/mol. The lowest BCUT2D eigenvalue weighted by atomic mass is 10.1. The molecule has 1 aromatic carbocycles. The van der Waals surface area contributed by atoms with Crippen molar-refractivity contribution in [3.05, 3.63) is 40.2 Å². The molecule has 0 aliphatic carbocycles. The van der Waals surface area contributed by atoms with E-state index in [1.54, 1.807) is 17.6 Å². The Kier molecular flexibility index (Phi) is 2.97. The van der Waals surface area contributed by atoms with Crippen LogP contribution in [0.2, 0.25) is 0 Å². The van der Waals surface area contributed by atoms with Gasteiger partial charge in [0.15, 0.2) is 0 Å². The lowest BCUT2D eigenvalue weighted by molar-refractivity contribution is 0.0524. The minimum absolute atomic E-state index is 0.112. The number of pyridine rings is 1. The summed E-state index contributed by atoms with van der Waals surface area (Å²) in [5.41, 5.74) is 1.75. The van der Waals surface area contributed by atoms with Gasteiger partial charge in [0.25, 0.3) is 5.56 Å². The van der Waals surface area contributed by atoms with Crippen molar-refractivity contribution >= 4 is 22.6 Å². The van der Waals surface area contributed by atoms with Crippen LogP contribution in [0.5, 0.6) is 0 Å². The summed E-state index contributed by atoms with van der Waals surface area (Å²) in [4.78, 5) is 26.5. The smallest absolute Gasteiger partial charge is 0.343 e. The normalized spacial score (nSPS) is 13.6. The van der Waals surface area contributed by atoms with Gasteiger partial charge in [-0.15, -0.1) is 0 Å². The van der Waals surface area contributed by atoms with Crippen molar-refractivity contribution in [3.8, 4) is 0 Å². The number of nitrogens with zero attached hydrogens (tertiary/aromatic N) is 2. The van der Waals surface area contributed by atoms with Gasteiger partial charge in [0.2, 0.25) is 0 Å². The Morgan fingerprint density at radius 1 is 1.35 bits per heavy atom. The summed E-state index contributed by atoms with van der Waals surface area (Å²) in [6, 6.07) is 7.47. The first-order chi connectivity index (χ1) is 9.63. The van der Waals surface area contributed by atoms with Crippen LogP contribution in [0.3, 0.4) is 0 Å². The minimum atomic E-state index is -0.549. The summed E-state index contributed by atoms with van der Waals surface area (Å²) in [6.45, 7) is 3.32. The first kappa shape index (κ1) is 12.7. The molecule has 0 amide bonds. The number of aromatic nitrogens is 1. The number of benzene rings is 1. The van der Waals surface area contributed by atoms with Gasteiger partial charge in [-0.2, -0.15) is 0 Å². The Balaban J connectivity index is 2.32. The van der Waals surface area contributed by atoms with Crippen LogP contribution in [0.4, 0.5) is 5.69 Å². The van der Waals surface area contributed by atoms with E-state index in [1.165, 1.54) is 0 Å². The highest BCUT2D eigenvalue weighted by atomic mass is 16.5. The summed E-state index contributed by atoms with van der Waals surface area (Å²) in [6.07, 6.45) is 0. The number of anilines is 1. The maximum absolute atomic E-state index is 12.5. The fraction of sp³-hybridized carbons (Fsp3) is 0.333. The van der Waals surface area contributed by atoms with E-state index in [0.717, 1.165) is 23.1 Å². The second-order valence-electron chi connectivity index (χ2n) is 4.87. The Morgan fingerprint density at radius 2 is 2.15 bits per heavy atom. The van der Waals surface area contributed by atoms with Crippen LogP contribution in [0.25, 0.3) is 10.9 Å². The Hall–Kier alpha value is -2.30. The number of hydrogen-bond acceptors (Lipinski definition) is 4. The molecule has 0 saturated carbocycles. The number of carbonyl (C=O) groups is 1. The van der Waals surface area contributed by atoms with Crippen molar-refractivity contribution in [3.63, 3.8) is 0 Å². The van der Waals surface area contributed by atoms with Gasteiger partial charge in [0, 0.05) is 25.5 Å². The molecule has 0 bridgehead atoms. The topological polar surface area (TPSA) is 51.5 Å². The van der Waals surface area contributed by atoms with E-state index in [1.807, 2.05) is 25.2 Å². The molecular weight excluding hydrogens is 256 g/mol. The van der Waals surface area contributed by atoms with E-state index in [4.69, 9.17) is 4.74 Å². The second kappa shape index (κ2) is 4.67. The molecule has 20 heavy (non-hydrogen) atoms. The molecule has 0 spiro atoms. The van der Waals surface area contributed by atoms with Crippen LogP contribution >= 0.6 is 0 Å². The molecule has 5 heteroatoms. The third-order valence-corrected chi connectivity index (χ3v) is 3.66. The number of carbonyl (C=O) groups excluding carboxylic acids is 1. The molecule has 0 saturated heterocycles. The first-order valence-electron chi connectivity index (χ1n) is 6.68. The lowest BCUT2D eigenvalue weighted by Gasteiger charge is -2.28. The largest absolute Gasteiger partial charge is 0.462 e. The van der Waals surface area contributed by atoms with Crippen molar-refractivity contribution in [2.75, 3.05) is 25.1 Å². The van der Waals surface area contributed by atoms with E-state index in [0.29, 0.717) is 6.54 Å². The van der Waals surface area contributed by atoms with Crippen molar-refractivity contribution in [2.45, 2.75) is 13.5 Å². The highest BCUT2D eigenvalue weighted by molar-refractivity contribution is 5.98. The summed E-state index contributed by atoms with van der Waals surface area (Å²) >= 11 is 0. The Bertz CT molecular complexity index is 749. The van der Waals surface area contributed by atoms with E-state index in [2.05, 4.69) is 4.90 Å². The number of esters is 1. The van der Waals surface area contributed by atoms with Gasteiger partial charge < -0.3 is 14.2 Å². The molecule has 0 N–H and O–H groups in total. The zero-order chi connectivity index (χ0) is 14.3. The lowest BCUT2D eigenvalue weighted by Crippen LogP contribution is -2.36. The highest BCUT2D eigenvalue weighted by Crippen LogP contribution is 2.28. The molecule has 0 atom stereocenters. The third kappa shape index (κ3) is 1.78. The molecule has 3 rings (SSSR count). The Labute approximate surface area is 116 Å². The van der Waals surface area contributed by atoms with Crippen LogP contribution < -0.4 is 10.5 Å². The van der Waals surface area contributed by atoms with Crippen molar-refractivity contribution in [1.82, 2.24) is 4.57 Å². The molecule has 0 radical (unpaired) electrons. The van der Waals surface area contributed by atoms with Crippen molar-refractivity contribution in [1.29, 1.82) is 0 Å². The van der Waals surface area contributed by atoms with Crippen LogP contribution in [0, 0.1) is 0 Å². The molecule has 2 heterocycles. The predicted octanol–water partition coefficient (Wildman–Crippen LogP) is 1.63. The van der Waals surface area contributed by atoms with Gasteiger partial charge in [-0.25, -0.2) is 4.79 Å². The van der Waals surface area contributed by atoms with Gasteiger partial charge >= 0.3 is 5.97 Å². The van der Waals surface area contributed by atoms with Crippen LogP contribution in [0.1, 0.15) is 17.3 Å². The van der Waals surface area contributed by atoms with Crippen LogP contribution in [-0.2, 0) is 11.3 Å². The molecule has 1 aliphatic heterocycles. The van der Waals surface area contributed by atoms with E-state index in [-0.39, 0.29) is 17.7 Å². The number of hydrogen-bond donors (Lipinski definition) is 0. The van der Waals surface area contributed by atoms with Crippen LogP contribution in [0.15, 0.2) is 29.1 Å². The number of para-hydroxylation sites is 1. The molecule has 0 unspecified atom stereocenters. The Morgan fingerprint density at radius 3 is 2.90 bits per heavy atom. The van der Waals surface area contributed by atoms with E-state index in [9.17, 15) is 9.59 Å². The predicted molar refractivity (Wildman–Crippen MR) is 77.4 cm³/mol. The average Bonchev–Trinajstić information content (AvgIpc) is 2.45. The molecule has 104 valence electrons. The summed E-state index contributed by atoms with van der Waals surface area (Å²) in [5, 5.41) is 0.886. The quantitative estimate of drug-likeness (QED) is 0.780. The van der Waals surface area contributed by atoms with Crippen molar-refractivity contribution < 1.29 is 9.53 Å². The van der Waals surface area contributed by atoms with Gasteiger partial charge in [0.1, 0.15) is 5.56 Å². The second-order valence-corrected chi connectivity index (χ2v) is 4.87. The standard InChI is InChI=1S/C15H16N2O3/c1-3-20-15(19)11-9-10-5-4-6-12-13(10)17(14(11)18)8-7-16(12)2/h4-6,9H,3,7-8H2,1-2H3. The molecule has 0 fully saturated rings. The van der Waals surface area contributed by atoms with Gasteiger partial charge in [0.05, 0.1) is 17.8 Å². The third-order valence-electron chi connectivity index (χ3n) is 3.66. The van der Waals surface area contributed by atoms with Gasteiger partial charge in [-0.05, 0) is 19.1 Å². The van der Waals surface area contributed by atoms with Crippen molar-refractivity contribution in [2.24, 2.45) is 0 Å². The van der Waals surface area contributed by atoms with E-state index < -0.39 is 5.97 Å². The zero-order valence-electron chi connectivity index (χ0n) is 11.5. The summed E-state index contributed by atoms with van der Waals surface area (Å²) in [5.74, 6) is -0.549. The average molecular weight is 272 g/mol. The number of ether oxygens (including phenoxy) is 1. The molecule has 1 aliphatic rings. The molecule has 1 aromatic heterocycles. The maximum atomic E-state index is 12.5. The zero-order valence-corrected chi connectivity index (χ0v) is 11.5. The minimum Gasteiger partial charge on any atom is -0.462 e. The van der Waals surface area contributed by atoms with Gasteiger partial charge in [-0.3, -0.25) is 4.79 Å².